The third-order valence-electron chi connectivity index (χ3n) is 3.69. The topological polar surface area (TPSA) is 67.2 Å². The van der Waals surface area contributed by atoms with Gasteiger partial charge >= 0.3 is 0 Å². The zero-order valence-corrected chi connectivity index (χ0v) is 12.9. The van der Waals surface area contributed by atoms with Crippen LogP contribution in [0.1, 0.15) is 41.1 Å². The molecule has 1 aromatic heterocycles. The fourth-order valence-corrected chi connectivity index (χ4v) is 2.24. The molecule has 1 heterocycles. The molecule has 0 spiro atoms. The minimum absolute atomic E-state index is 0.218. The van der Waals surface area contributed by atoms with E-state index in [1.54, 1.807) is 23.9 Å². The summed E-state index contributed by atoms with van der Waals surface area (Å²) in [5, 5.41) is 17.0. The molecule has 0 saturated heterocycles. The van der Waals surface area contributed by atoms with E-state index in [4.69, 9.17) is 0 Å². The first-order valence-corrected chi connectivity index (χ1v) is 7.11. The Bertz CT molecular complexity index is 652. The Balaban J connectivity index is 1.94. The first kappa shape index (κ1) is 16.2. The van der Waals surface area contributed by atoms with Crippen LogP contribution in [0.5, 0.6) is 0 Å². The number of hydrogen-bond donors (Lipinski definition) is 2. The van der Waals surface area contributed by atoms with Crippen LogP contribution in [0, 0.1) is 12.7 Å². The van der Waals surface area contributed by atoms with E-state index in [0.29, 0.717) is 17.5 Å². The van der Waals surface area contributed by atoms with E-state index in [1.165, 1.54) is 18.3 Å². The molecule has 1 aromatic carbocycles. The molecule has 22 heavy (non-hydrogen) atoms. The SMILES string of the molecule is Cc1c(C(=O)NC(C)CC(O)c2ccc(F)cc2)cnn1C. The highest BCUT2D eigenvalue weighted by atomic mass is 19.1. The largest absolute Gasteiger partial charge is 0.388 e. The molecule has 0 aliphatic rings. The van der Waals surface area contributed by atoms with Gasteiger partial charge in [0, 0.05) is 18.8 Å². The first-order valence-electron chi connectivity index (χ1n) is 7.11. The summed E-state index contributed by atoms with van der Waals surface area (Å²) >= 11 is 0. The number of amides is 1. The van der Waals surface area contributed by atoms with Crippen LogP contribution in [0.2, 0.25) is 0 Å². The van der Waals surface area contributed by atoms with Crippen molar-refractivity contribution in [1.29, 1.82) is 0 Å². The van der Waals surface area contributed by atoms with Crippen molar-refractivity contribution in [3.63, 3.8) is 0 Å². The quantitative estimate of drug-likeness (QED) is 0.889. The lowest BCUT2D eigenvalue weighted by Crippen LogP contribution is -2.34. The lowest BCUT2D eigenvalue weighted by molar-refractivity contribution is 0.0916. The molecule has 0 aliphatic heterocycles. The van der Waals surface area contributed by atoms with Gasteiger partial charge in [0.2, 0.25) is 0 Å². The summed E-state index contributed by atoms with van der Waals surface area (Å²) < 4.78 is 14.5. The van der Waals surface area contributed by atoms with E-state index in [1.807, 2.05) is 13.8 Å². The van der Waals surface area contributed by atoms with Crippen LogP contribution in [-0.2, 0) is 7.05 Å². The number of carbonyl (C=O) groups is 1. The van der Waals surface area contributed by atoms with Gasteiger partial charge in [0.1, 0.15) is 5.82 Å². The highest BCUT2D eigenvalue weighted by Crippen LogP contribution is 2.19. The van der Waals surface area contributed by atoms with Gasteiger partial charge in [-0.1, -0.05) is 12.1 Å². The zero-order chi connectivity index (χ0) is 16.3. The highest BCUT2D eigenvalue weighted by Gasteiger charge is 2.18. The molecule has 0 radical (unpaired) electrons. The molecule has 2 unspecified atom stereocenters. The molecular weight excluding hydrogens is 285 g/mol. The second-order valence-corrected chi connectivity index (χ2v) is 5.44. The first-order chi connectivity index (χ1) is 10.4. The number of aliphatic hydroxyl groups excluding tert-OH is 1. The van der Waals surface area contributed by atoms with Gasteiger partial charge in [-0.05, 0) is 38.0 Å². The van der Waals surface area contributed by atoms with Crippen molar-refractivity contribution in [3.8, 4) is 0 Å². The molecule has 2 N–H and O–H groups in total. The predicted molar refractivity (Wildman–Crippen MR) is 80.9 cm³/mol. The fraction of sp³-hybridized carbons (Fsp3) is 0.375. The van der Waals surface area contributed by atoms with Crippen molar-refractivity contribution >= 4 is 5.91 Å². The van der Waals surface area contributed by atoms with Gasteiger partial charge in [-0.25, -0.2) is 4.39 Å². The van der Waals surface area contributed by atoms with Crippen molar-refractivity contribution in [2.24, 2.45) is 7.05 Å². The summed E-state index contributed by atoms with van der Waals surface area (Å²) in [5.41, 5.74) is 1.93. The van der Waals surface area contributed by atoms with Crippen LogP contribution in [0.15, 0.2) is 30.5 Å². The number of benzene rings is 1. The Morgan fingerprint density at radius 1 is 1.41 bits per heavy atom. The molecule has 2 aromatic rings. The fourth-order valence-electron chi connectivity index (χ4n) is 2.24. The number of nitrogens with zero attached hydrogens (tertiary/aromatic N) is 2. The van der Waals surface area contributed by atoms with Crippen LogP contribution in [-0.4, -0.2) is 26.8 Å². The van der Waals surface area contributed by atoms with Crippen molar-refractivity contribution in [2.45, 2.75) is 32.4 Å². The van der Waals surface area contributed by atoms with Gasteiger partial charge in [0.25, 0.3) is 5.91 Å². The van der Waals surface area contributed by atoms with Gasteiger partial charge in [-0.3, -0.25) is 9.48 Å². The third-order valence-corrected chi connectivity index (χ3v) is 3.69. The molecule has 1 amide bonds. The van der Waals surface area contributed by atoms with E-state index in [9.17, 15) is 14.3 Å². The molecule has 118 valence electrons. The average Bonchev–Trinajstić information content (AvgIpc) is 2.79. The molecule has 2 atom stereocenters. The molecule has 2 rings (SSSR count). The van der Waals surface area contributed by atoms with Gasteiger partial charge in [0.05, 0.1) is 17.9 Å². The number of nitrogens with one attached hydrogen (secondary N) is 1. The van der Waals surface area contributed by atoms with Gasteiger partial charge in [-0.2, -0.15) is 5.10 Å². The Morgan fingerprint density at radius 3 is 2.59 bits per heavy atom. The Hall–Kier alpha value is -2.21. The molecule has 0 aliphatic carbocycles. The smallest absolute Gasteiger partial charge is 0.254 e. The summed E-state index contributed by atoms with van der Waals surface area (Å²) in [4.78, 5) is 12.2. The van der Waals surface area contributed by atoms with Crippen molar-refractivity contribution in [2.75, 3.05) is 0 Å². The van der Waals surface area contributed by atoms with Crippen molar-refractivity contribution < 1.29 is 14.3 Å². The van der Waals surface area contributed by atoms with Gasteiger partial charge in [0.15, 0.2) is 0 Å². The monoisotopic (exact) mass is 305 g/mol. The van der Waals surface area contributed by atoms with Crippen LogP contribution < -0.4 is 5.32 Å². The van der Waals surface area contributed by atoms with E-state index < -0.39 is 6.10 Å². The second-order valence-electron chi connectivity index (χ2n) is 5.44. The molecule has 0 bridgehead atoms. The molecule has 0 saturated carbocycles. The number of halogens is 1. The maximum Gasteiger partial charge on any atom is 0.254 e. The van der Waals surface area contributed by atoms with Gasteiger partial charge < -0.3 is 10.4 Å². The summed E-state index contributed by atoms with van der Waals surface area (Å²) in [6.07, 6.45) is 1.11. The lowest BCUT2D eigenvalue weighted by Gasteiger charge is -2.18. The molecule has 6 heteroatoms. The van der Waals surface area contributed by atoms with Crippen molar-refractivity contribution in [3.05, 3.63) is 53.1 Å². The van der Waals surface area contributed by atoms with E-state index in [2.05, 4.69) is 10.4 Å². The van der Waals surface area contributed by atoms with Gasteiger partial charge in [-0.15, -0.1) is 0 Å². The highest BCUT2D eigenvalue weighted by molar-refractivity contribution is 5.95. The Labute approximate surface area is 128 Å². The predicted octanol–water partition coefficient (Wildman–Crippen LogP) is 2.11. The number of rotatable bonds is 5. The maximum atomic E-state index is 12.9. The number of aryl methyl sites for hydroxylation is 1. The zero-order valence-electron chi connectivity index (χ0n) is 12.9. The third kappa shape index (κ3) is 3.71. The average molecular weight is 305 g/mol. The van der Waals surface area contributed by atoms with E-state index in [-0.39, 0.29) is 17.8 Å². The summed E-state index contributed by atoms with van der Waals surface area (Å²) in [7, 11) is 1.77. The normalized spacial score (nSPS) is 13.7. The number of aliphatic hydroxyl groups is 1. The molecule has 0 fully saturated rings. The lowest BCUT2D eigenvalue weighted by atomic mass is 10.0. The maximum absolute atomic E-state index is 12.9. The van der Waals surface area contributed by atoms with E-state index >= 15 is 0 Å². The Morgan fingerprint density at radius 2 is 2.05 bits per heavy atom. The minimum atomic E-state index is -0.758. The molecule has 5 nitrogen and oxygen atoms in total. The van der Waals surface area contributed by atoms with Crippen LogP contribution in [0.25, 0.3) is 0 Å². The van der Waals surface area contributed by atoms with Crippen LogP contribution in [0.4, 0.5) is 4.39 Å². The van der Waals surface area contributed by atoms with Crippen molar-refractivity contribution in [1.82, 2.24) is 15.1 Å². The standard InChI is InChI=1S/C16H20FN3O2/c1-10(8-15(21)12-4-6-13(17)7-5-12)19-16(22)14-9-18-20(3)11(14)2/h4-7,9-10,15,21H,8H2,1-3H3,(H,19,22). The van der Waals surface area contributed by atoms with E-state index in [0.717, 1.165) is 5.69 Å². The number of aromatic nitrogens is 2. The summed E-state index contributed by atoms with van der Waals surface area (Å²) in [6, 6.07) is 5.47. The Kier molecular flexibility index (Phi) is 4.92. The number of hydrogen-bond acceptors (Lipinski definition) is 3. The summed E-state index contributed by atoms with van der Waals surface area (Å²) in [5.74, 6) is -0.561. The summed E-state index contributed by atoms with van der Waals surface area (Å²) in [6.45, 7) is 3.64. The van der Waals surface area contributed by atoms with Crippen LogP contribution >= 0.6 is 0 Å². The second kappa shape index (κ2) is 6.70. The molecular formula is C16H20FN3O2. The van der Waals surface area contributed by atoms with Crippen LogP contribution in [0.3, 0.4) is 0 Å². The minimum Gasteiger partial charge on any atom is -0.388 e. The number of carbonyl (C=O) groups excluding carboxylic acids is 1.